The lowest BCUT2D eigenvalue weighted by Crippen LogP contribution is -2.51. The zero-order valence-electron chi connectivity index (χ0n) is 15.4. The van der Waals surface area contributed by atoms with E-state index in [1.165, 1.54) is 12.8 Å². The SMILES string of the molecule is CCCCCOc1ccc(C(C#N)N2CCN(C)C(CC)C2)cc1. The third kappa shape index (κ3) is 4.96. The fourth-order valence-electron chi connectivity index (χ4n) is 3.30. The van der Waals surface area contributed by atoms with Gasteiger partial charge in [0.05, 0.1) is 12.7 Å². The van der Waals surface area contributed by atoms with Crippen molar-refractivity contribution in [3.05, 3.63) is 29.8 Å². The van der Waals surface area contributed by atoms with Gasteiger partial charge in [-0.25, -0.2) is 0 Å². The molecule has 1 aliphatic heterocycles. The van der Waals surface area contributed by atoms with E-state index in [4.69, 9.17) is 4.74 Å². The van der Waals surface area contributed by atoms with Crippen LogP contribution in [0.3, 0.4) is 0 Å². The van der Waals surface area contributed by atoms with Crippen molar-refractivity contribution < 1.29 is 4.74 Å². The summed E-state index contributed by atoms with van der Waals surface area (Å²) in [5, 5.41) is 9.69. The summed E-state index contributed by atoms with van der Waals surface area (Å²) in [6.07, 6.45) is 4.63. The van der Waals surface area contributed by atoms with E-state index >= 15 is 0 Å². The molecule has 0 bridgehead atoms. The van der Waals surface area contributed by atoms with Crippen LogP contribution in [0.5, 0.6) is 5.75 Å². The van der Waals surface area contributed by atoms with Gasteiger partial charge in [0.15, 0.2) is 0 Å². The van der Waals surface area contributed by atoms with E-state index in [9.17, 15) is 5.26 Å². The quantitative estimate of drug-likeness (QED) is 0.679. The molecule has 0 saturated carbocycles. The number of rotatable bonds is 8. The average Bonchev–Trinajstić information content (AvgIpc) is 2.62. The van der Waals surface area contributed by atoms with Crippen LogP contribution in [-0.4, -0.2) is 49.1 Å². The summed E-state index contributed by atoms with van der Waals surface area (Å²) in [4.78, 5) is 4.71. The molecule has 1 fully saturated rings. The Bertz CT molecular complexity index is 523. The lowest BCUT2D eigenvalue weighted by Gasteiger charge is -2.41. The largest absolute Gasteiger partial charge is 0.494 e. The van der Waals surface area contributed by atoms with Gasteiger partial charge in [0.25, 0.3) is 0 Å². The van der Waals surface area contributed by atoms with Crippen molar-refractivity contribution in [2.45, 2.75) is 51.6 Å². The Morgan fingerprint density at radius 2 is 1.96 bits per heavy atom. The molecule has 1 heterocycles. The van der Waals surface area contributed by atoms with E-state index in [0.717, 1.165) is 50.4 Å². The van der Waals surface area contributed by atoms with Gasteiger partial charge in [-0.1, -0.05) is 38.8 Å². The predicted molar refractivity (Wildman–Crippen MR) is 98.1 cm³/mol. The number of nitrogens with zero attached hydrogens (tertiary/aromatic N) is 3. The van der Waals surface area contributed by atoms with Crippen LogP contribution in [0.1, 0.15) is 51.1 Å². The van der Waals surface area contributed by atoms with Crippen LogP contribution in [0.2, 0.25) is 0 Å². The van der Waals surface area contributed by atoms with Gasteiger partial charge in [-0.3, -0.25) is 4.90 Å². The molecule has 2 atom stereocenters. The molecule has 1 aromatic rings. The topological polar surface area (TPSA) is 39.5 Å². The second-order valence-corrected chi connectivity index (χ2v) is 6.69. The number of benzene rings is 1. The molecule has 1 aromatic carbocycles. The number of hydrogen-bond donors (Lipinski definition) is 0. The second kappa shape index (κ2) is 9.66. The molecule has 0 N–H and O–H groups in total. The van der Waals surface area contributed by atoms with Gasteiger partial charge in [0.1, 0.15) is 11.8 Å². The van der Waals surface area contributed by atoms with Crippen molar-refractivity contribution in [2.24, 2.45) is 0 Å². The van der Waals surface area contributed by atoms with Crippen LogP contribution in [0.25, 0.3) is 0 Å². The average molecular weight is 329 g/mol. The maximum absolute atomic E-state index is 9.69. The molecular formula is C20H31N3O. The van der Waals surface area contributed by atoms with Crippen molar-refractivity contribution in [1.29, 1.82) is 5.26 Å². The van der Waals surface area contributed by atoms with Crippen LogP contribution in [0.4, 0.5) is 0 Å². The fourth-order valence-corrected chi connectivity index (χ4v) is 3.30. The standard InChI is InChI=1S/C20H31N3O/c1-4-6-7-14-24-19-10-8-17(9-11-19)20(15-21)23-13-12-22(3)18(5-2)16-23/h8-11,18,20H,4-7,12-14,16H2,1-3H3. The van der Waals surface area contributed by atoms with E-state index in [2.05, 4.69) is 36.8 Å². The Labute approximate surface area is 147 Å². The van der Waals surface area contributed by atoms with E-state index in [-0.39, 0.29) is 6.04 Å². The summed E-state index contributed by atoms with van der Waals surface area (Å²) in [6, 6.07) is 11.0. The number of ether oxygens (including phenoxy) is 1. The third-order valence-electron chi connectivity index (χ3n) is 4.98. The molecule has 2 unspecified atom stereocenters. The van der Waals surface area contributed by atoms with Crippen LogP contribution in [0.15, 0.2) is 24.3 Å². The summed E-state index contributed by atoms with van der Waals surface area (Å²) >= 11 is 0. The zero-order chi connectivity index (χ0) is 17.4. The first-order valence-electron chi connectivity index (χ1n) is 9.26. The molecule has 0 aliphatic carbocycles. The molecule has 2 rings (SSSR count). The van der Waals surface area contributed by atoms with Gasteiger partial charge >= 0.3 is 0 Å². The predicted octanol–water partition coefficient (Wildman–Crippen LogP) is 3.85. The molecular weight excluding hydrogens is 298 g/mol. The van der Waals surface area contributed by atoms with Gasteiger partial charge < -0.3 is 9.64 Å². The van der Waals surface area contributed by atoms with Crippen LogP contribution >= 0.6 is 0 Å². The van der Waals surface area contributed by atoms with E-state index in [1.807, 2.05) is 24.3 Å². The van der Waals surface area contributed by atoms with E-state index in [1.54, 1.807) is 0 Å². The summed E-state index contributed by atoms with van der Waals surface area (Å²) < 4.78 is 5.77. The number of piperazine rings is 1. The van der Waals surface area contributed by atoms with Gasteiger partial charge in [-0.05, 0) is 37.6 Å². The lowest BCUT2D eigenvalue weighted by molar-refractivity contribution is 0.0773. The maximum atomic E-state index is 9.69. The summed E-state index contributed by atoms with van der Waals surface area (Å²) in [7, 11) is 2.18. The minimum Gasteiger partial charge on any atom is -0.494 e. The smallest absolute Gasteiger partial charge is 0.123 e. The minimum atomic E-state index is -0.165. The molecule has 24 heavy (non-hydrogen) atoms. The summed E-state index contributed by atoms with van der Waals surface area (Å²) in [5.41, 5.74) is 1.07. The third-order valence-corrected chi connectivity index (χ3v) is 4.98. The molecule has 0 amide bonds. The normalized spacial score (nSPS) is 20.5. The molecule has 0 radical (unpaired) electrons. The van der Waals surface area contributed by atoms with Crippen molar-refractivity contribution in [3.63, 3.8) is 0 Å². The lowest BCUT2D eigenvalue weighted by atomic mass is 10.0. The first kappa shape index (κ1) is 18.8. The molecule has 4 nitrogen and oxygen atoms in total. The van der Waals surface area contributed by atoms with Gasteiger partial charge in [0.2, 0.25) is 0 Å². The molecule has 1 saturated heterocycles. The van der Waals surface area contributed by atoms with Crippen molar-refractivity contribution in [2.75, 3.05) is 33.3 Å². The first-order valence-corrected chi connectivity index (χ1v) is 9.26. The highest BCUT2D eigenvalue weighted by atomic mass is 16.5. The Morgan fingerprint density at radius 1 is 1.21 bits per heavy atom. The van der Waals surface area contributed by atoms with Crippen molar-refractivity contribution >= 4 is 0 Å². The second-order valence-electron chi connectivity index (χ2n) is 6.69. The van der Waals surface area contributed by atoms with Gasteiger partial charge in [-0.15, -0.1) is 0 Å². The Morgan fingerprint density at radius 3 is 2.58 bits per heavy atom. The fraction of sp³-hybridized carbons (Fsp3) is 0.650. The van der Waals surface area contributed by atoms with Crippen molar-refractivity contribution in [1.82, 2.24) is 9.80 Å². The zero-order valence-corrected chi connectivity index (χ0v) is 15.4. The van der Waals surface area contributed by atoms with E-state index < -0.39 is 0 Å². The summed E-state index contributed by atoms with van der Waals surface area (Å²) in [6.45, 7) is 8.11. The Hall–Kier alpha value is -1.57. The van der Waals surface area contributed by atoms with Crippen LogP contribution in [0, 0.1) is 11.3 Å². The highest BCUT2D eigenvalue weighted by Gasteiger charge is 2.28. The molecule has 132 valence electrons. The van der Waals surface area contributed by atoms with E-state index in [0.29, 0.717) is 6.04 Å². The molecule has 4 heteroatoms. The van der Waals surface area contributed by atoms with Gasteiger partial charge in [0, 0.05) is 25.7 Å². The Balaban J connectivity index is 1.96. The Kier molecular flexibility index (Phi) is 7.55. The summed E-state index contributed by atoms with van der Waals surface area (Å²) in [5.74, 6) is 0.899. The monoisotopic (exact) mass is 329 g/mol. The number of nitriles is 1. The molecule has 1 aliphatic rings. The maximum Gasteiger partial charge on any atom is 0.123 e. The van der Waals surface area contributed by atoms with Crippen LogP contribution in [-0.2, 0) is 0 Å². The highest BCUT2D eigenvalue weighted by Crippen LogP contribution is 2.25. The van der Waals surface area contributed by atoms with Crippen LogP contribution < -0.4 is 4.74 Å². The van der Waals surface area contributed by atoms with Crippen molar-refractivity contribution in [3.8, 4) is 11.8 Å². The molecule has 0 spiro atoms. The number of likely N-dealkylation sites (N-methyl/N-ethyl adjacent to an activating group) is 1. The van der Waals surface area contributed by atoms with Gasteiger partial charge in [-0.2, -0.15) is 5.26 Å². The molecule has 0 aromatic heterocycles. The first-order chi connectivity index (χ1) is 11.7. The number of unbranched alkanes of at least 4 members (excludes halogenated alkanes) is 2. The minimum absolute atomic E-state index is 0.165. The highest BCUT2D eigenvalue weighted by molar-refractivity contribution is 5.31. The number of hydrogen-bond acceptors (Lipinski definition) is 4.